The third kappa shape index (κ3) is 4.63. The molecule has 4 heterocycles. The smallest absolute Gasteiger partial charge is 0.229 e. The van der Waals surface area contributed by atoms with Gasteiger partial charge in [0.2, 0.25) is 5.95 Å². The number of halogens is 2. The van der Waals surface area contributed by atoms with Crippen LogP contribution in [0.2, 0.25) is 0 Å². The van der Waals surface area contributed by atoms with Crippen LogP contribution in [0.4, 0.5) is 20.5 Å². The van der Waals surface area contributed by atoms with Gasteiger partial charge in [-0.2, -0.15) is 0 Å². The number of pyridine rings is 1. The average molecular weight is 519 g/mol. The zero-order chi connectivity index (χ0) is 26.6. The zero-order valence-corrected chi connectivity index (χ0v) is 22.2. The van der Waals surface area contributed by atoms with Crippen LogP contribution in [0.3, 0.4) is 0 Å². The summed E-state index contributed by atoms with van der Waals surface area (Å²) < 4.78 is 32.1. The van der Waals surface area contributed by atoms with Gasteiger partial charge in [-0.25, -0.2) is 28.7 Å². The Morgan fingerprint density at radius 1 is 1.08 bits per heavy atom. The lowest BCUT2D eigenvalue weighted by Gasteiger charge is -2.29. The Balaban J connectivity index is 1.27. The number of likely N-dealkylation sites (N-methyl/N-ethyl adjacent to an activating group) is 1. The quantitative estimate of drug-likeness (QED) is 0.382. The van der Waals surface area contributed by atoms with Crippen LogP contribution in [-0.2, 0) is 18.5 Å². The average Bonchev–Trinajstić information content (AvgIpc) is 3.52. The summed E-state index contributed by atoms with van der Waals surface area (Å²) in [6.07, 6.45) is 3.98. The topological polar surface area (TPSA) is 75.0 Å². The van der Waals surface area contributed by atoms with Gasteiger partial charge in [-0.1, -0.05) is 6.07 Å². The maximum Gasteiger partial charge on any atom is 0.229 e. The minimum absolute atomic E-state index is 0.0316. The molecule has 1 saturated carbocycles. The number of nitrogens with zero attached hydrogens (tertiary/aromatic N) is 7. The second-order valence-electron chi connectivity index (χ2n) is 11.0. The minimum atomic E-state index is -0.620. The number of rotatable bonds is 7. The fourth-order valence-electron chi connectivity index (χ4n) is 5.30. The van der Waals surface area contributed by atoms with Gasteiger partial charge >= 0.3 is 0 Å². The van der Waals surface area contributed by atoms with Gasteiger partial charge in [-0.15, -0.1) is 0 Å². The molecular formula is C28H32F2N8. The van der Waals surface area contributed by atoms with Crippen molar-refractivity contribution in [2.24, 2.45) is 0 Å². The molecule has 198 valence electrons. The Bertz CT molecular complexity index is 1530. The van der Waals surface area contributed by atoms with E-state index in [0.29, 0.717) is 22.4 Å². The first kappa shape index (κ1) is 24.8. The van der Waals surface area contributed by atoms with Crippen molar-refractivity contribution < 1.29 is 8.78 Å². The van der Waals surface area contributed by atoms with Crippen molar-refractivity contribution in [3.05, 3.63) is 59.2 Å². The number of fused-ring (bicyclic) bond motifs is 2. The van der Waals surface area contributed by atoms with Crippen LogP contribution in [0.15, 0.2) is 30.5 Å². The summed E-state index contributed by atoms with van der Waals surface area (Å²) in [5.41, 5.74) is 3.50. The zero-order valence-electron chi connectivity index (χ0n) is 22.2. The molecule has 3 aromatic heterocycles. The molecule has 4 aromatic rings. The molecule has 0 atom stereocenters. The lowest BCUT2D eigenvalue weighted by molar-refractivity contribution is 0.224. The molecule has 1 fully saturated rings. The fraction of sp³-hybridized carbons (Fsp3) is 0.429. The van der Waals surface area contributed by atoms with E-state index in [4.69, 9.17) is 4.98 Å². The van der Waals surface area contributed by atoms with E-state index in [1.54, 1.807) is 6.07 Å². The normalized spacial score (nSPS) is 16.7. The number of hydrogen-bond donors (Lipinski definition) is 1. The summed E-state index contributed by atoms with van der Waals surface area (Å²) in [7, 11) is 4.17. The molecule has 0 spiro atoms. The van der Waals surface area contributed by atoms with Gasteiger partial charge in [-0.3, -0.25) is 4.90 Å². The predicted molar refractivity (Wildman–Crippen MR) is 143 cm³/mol. The summed E-state index contributed by atoms with van der Waals surface area (Å²) >= 11 is 0. The Kier molecular flexibility index (Phi) is 6.11. The molecule has 1 aliphatic carbocycles. The van der Waals surface area contributed by atoms with Crippen LogP contribution in [0.25, 0.3) is 22.3 Å². The van der Waals surface area contributed by atoms with Crippen LogP contribution < -0.4 is 5.32 Å². The number of nitrogens with one attached hydrogen (secondary N) is 1. The highest BCUT2D eigenvalue weighted by molar-refractivity contribution is 5.83. The lowest BCUT2D eigenvalue weighted by atomic mass is 10.1. The highest BCUT2D eigenvalue weighted by atomic mass is 19.1. The maximum atomic E-state index is 15.1. The van der Waals surface area contributed by atoms with Crippen molar-refractivity contribution in [1.29, 1.82) is 0 Å². The first-order valence-electron chi connectivity index (χ1n) is 13.0. The van der Waals surface area contributed by atoms with E-state index in [-0.39, 0.29) is 17.2 Å². The molecule has 0 bridgehead atoms. The molecule has 1 N–H and O–H groups in total. The predicted octanol–water partition coefficient (Wildman–Crippen LogP) is 4.65. The Labute approximate surface area is 220 Å². The third-order valence-electron chi connectivity index (χ3n) is 7.64. The number of aryl methyl sites for hydroxylation is 1. The minimum Gasteiger partial charge on any atom is -0.322 e. The Hall–Kier alpha value is -3.50. The molecule has 0 radical (unpaired) electrons. The van der Waals surface area contributed by atoms with Crippen LogP contribution in [-0.4, -0.2) is 68.0 Å². The number of aromatic nitrogens is 5. The van der Waals surface area contributed by atoms with Gasteiger partial charge in [0, 0.05) is 49.4 Å². The molecule has 1 aromatic carbocycles. The standard InChI is InChI=1S/C28H32F2N8/c1-17-32-26-20(29)13-19(14-23(26)38(17)28(2)8-9-28)25-21(30)15-31-27(35-25)34-24-6-5-18-16-37(12-11-36(3)4)10-7-22(18)33-24/h5-6,13-15H,7-12,16H2,1-4H3,(H,31,33,34,35). The third-order valence-corrected chi connectivity index (χ3v) is 7.64. The summed E-state index contributed by atoms with van der Waals surface area (Å²) in [6, 6.07) is 7.03. The van der Waals surface area contributed by atoms with E-state index in [1.807, 2.05) is 13.0 Å². The number of anilines is 2. The fourth-order valence-corrected chi connectivity index (χ4v) is 5.30. The highest BCUT2D eigenvalue weighted by Crippen LogP contribution is 2.46. The molecule has 10 heteroatoms. The number of hydrogen-bond acceptors (Lipinski definition) is 7. The van der Waals surface area contributed by atoms with Crippen molar-refractivity contribution in [3.8, 4) is 11.3 Å². The maximum absolute atomic E-state index is 15.1. The second-order valence-corrected chi connectivity index (χ2v) is 11.0. The molecule has 0 amide bonds. The van der Waals surface area contributed by atoms with Gasteiger partial charge in [-0.05, 0) is 64.5 Å². The first-order chi connectivity index (χ1) is 18.2. The molecular weight excluding hydrogens is 486 g/mol. The van der Waals surface area contributed by atoms with Crippen molar-refractivity contribution in [2.75, 3.05) is 39.0 Å². The Morgan fingerprint density at radius 3 is 2.66 bits per heavy atom. The lowest BCUT2D eigenvalue weighted by Crippen LogP contribution is -2.36. The van der Waals surface area contributed by atoms with Crippen molar-refractivity contribution in [1.82, 2.24) is 34.3 Å². The van der Waals surface area contributed by atoms with E-state index in [9.17, 15) is 4.39 Å². The summed E-state index contributed by atoms with van der Waals surface area (Å²) in [4.78, 5) is 22.4. The van der Waals surface area contributed by atoms with Gasteiger partial charge in [0.05, 0.1) is 11.7 Å². The SMILES string of the molecule is Cc1nc2c(F)cc(-c3nc(Nc4ccc5c(n4)CCN(CCN(C)C)C5)ncc3F)cc2n1C1(C)CC1. The highest BCUT2D eigenvalue weighted by Gasteiger charge is 2.41. The summed E-state index contributed by atoms with van der Waals surface area (Å²) in [5.74, 6) is 0.440. The molecule has 1 aliphatic heterocycles. The molecule has 0 saturated heterocycles. The van der Waals surface area contributed by atoms with Crippen molar-refractivity contribution in [3.63, 3.8) is 0 Å². The number of benzene rings is 1. The number of imidazole rings is 1. The molecule has 2 aliphatic rings. The molecule has 0 unspecified atom stereocenters. The van der Waals surface area contributed by atoms with Gasteiger partial charge in [0.25, 0.3) is 0 Å². The van der Waals surface area contributed by atoms with Gasteiger partial charge in [0.1, 0.15) is 22.9 Å². The van der Waals surface area contributed by atoms with Crippen LogP contribution >= 0.6 is 0 Å². The van der Waals surface area contributed by atoms with Crippen LogP contribution in [0.1, 0.15) is 36.8 Å². The monoisotopic (exact) mass is 518 g/mol. The van der Waals surface area contributed by atoms with Crippen molar-refractivity contribution >= 4 is 22.8 Å². The summed E-state index contributed by atoms with van der Waals surface area (Å²) in [6.45, 7) is 7.87. The van der Waals surface area contributed by atoms with Gasteiger partial charge < -0.3 is 14.8 Å². The first-order valence-corrected chi connectivity index (χ1v) is 13.0. The van der Waals surface area contributed by atoms with Crippen LogP contribution in [0, 0.1) is 18.6 Å². The Morgan fingerprint density at radius 2 is 1.89 bits per heavy atom. The van der Waals surface area contributed by atoms with E-state index in [0.717, 1.165) is 63.2 Å². The molecule has 38 heavy (non-hydrogen) atoms. The largest absolute Gasteiger partial charge is 0.322 e. The van der Waals surface area contributed by atoms with Gasteiger partial charge in [0.15, 0.2) is 11.6 Å². The van der Waals surface area contributed by atoms with Crippen LogP contribution in [0.5, 0.6) is 0 Å². The van der Waals surface area contributed by atoms with E-state index in [2.05, 4.69) is 61.7 Å². The van der Waals surface area contributed by atoms with E-state index >= 15 is 4.39 Å². The second kappa shape index (κ2) is 9.36. The van der Waals surface area contributed by atoms with Crippen molar-refractivity contribution in [2.45, 2.75) is 45.2 Å². The molecule has 6 rings (SSSR count). The van der Waals surface area contributed by atoms with E-state index < -0.39 is 11.6 Å². The molecule has 8 nitrogen and oxygen atoms in total. The van der Waals surface area contributed by atoms with E-state index in [1.165, 1.54) is 11.6 Å². The summed E-state index contributed by atoms with van der Waals surface area (Å²) in [5, 5.41) is 3.11.